The van der Waals surface area contributed by atoms with Crippen molar-refractivity contribution >= 4 is 39.5 Å². The molecule has 1 saturated heterocycles. The molecule has 1 aliphatic heterocycles. The van der Waals surface area contributed by atoms with Gasteiger partial charge in [-0.3, -0.25) is 15.0 Å². The van der Waals surface area contributed by atoms with E-state index in [0.717, 1.165) is 63.2 Å². The van der Waals surface area contributed by atoms with Gasteiger partial charge < -0.3 is 10.0 Å². The summed E-state index contributed by atoms with van der Waals surface area (Å²) < 4.78 is 1.23. The standard InChI is InChI=1S/C23H27N3O3S.ClH/c27-22(21-17-30-23-6-2-1-4-20(21)23)5-3-11-24-12-14-25(15-13-24)16-18-7-9-19(10-8-18)26(28)29;/h1-2,4,6-10,17,22,27H,3,5,11-16H2;1H. The van der Waals surface area contributed by atoms with E-state index in [9.17, 15) is 15.2 Å². The summed E-state index contributed by atoms with van der Waals surface area (Å²) >= 11 is 1.70. The second-order valence-electron chi connectivity index (χ2n) is 7.89. The smallest absolute Gasteiger partial charge is 0.269 e. The molecule has 0 spiro atoms. The van der Waals surface area contributed by atoms with Crippen LogP contribution < -0.4 is 0 Å². The molecular weight excluding hydrogens is 434 g/mol. The monoisotopic (exact) mass is 461 g/mol. The van der Waals surface area contributed by atoms with Gasteiger partial charge in [-0.15, -0.1) is 23.7 Å². The summed E-state index contributed by atoms with van der Waals surface area (Å²) in [5, 5.41) is 24.7. The van der Waals surface area contributed by atoms with E-state index < -0.39 is 6.10 Å². The Bertz CT molecular complexity index is 987. The van der Waals surface area contributed by atoms with Crippen LogP contribution in [0.1, 0.15) is 30.1 Å². The van der Waals surface area contributed by atoms with E-state index >= 15 is 0 Å². The molecule has 6 nitrogen and oxygen atoms in total. The Hall–Kier alpha value is -2.03. The predicted octanol–water partition coefficient (Wildman–Crippen LogP) is 4.86. The molecule has 0 amide bonds. The van der Waals surface area contributed by atoms with Gasteiger partial charge in [-0.2, -0.15) is 0 Å². The Balaban J connectivity index is 0.00000272. The number of fused-ring (bicyclic) bond motifs is 1. The van der Waals surface area contributed by atoms with Crippen LogP contribution in [0.4, 0.5) is 5.69 Å². The minimum absolute atomic E-state index is 0. The van der Waals surface area contributed by atoms with Crippen LogP contribution in [-0.4, -0.2) is 52.6 Å². The molecule has 1 fully saturated rings. The minimum atomic E-state index is -0.399. The number of aliphatic hydroxyl groups is 1. The molecule has 0 radical (unpaired) electrons. The molecule has 1 aliphatic rings. The maximum Gasteiger partial charge on any atom is 0.269 e. The third-order valence-electron chi connectivity index (χ3n) is 5.84. The normalized spacial score (nSPS) is 16.2. The number of rotatable bonds is 8. The van der Waals surface area contributed by atoms with Gasteiger partial charge >= 0.3 is 0 Å². The fraction of sp³-hybridized carbons (Fsp3) is 0.391. The zero-order valence-corrected chi connectivity index (χ0v) is 19.0. The number of thiophene rings is 1. The van der Waals surface area contributed by atoms with E-state index in [2.05, 4.69) is 27.3 Å². The van der Waals surface area contributed by atoms with E-state index in [4.69, 9.17) is 0 Å². The average Bonchev–Trinajstić information content (AvgIpc) is 3.20. The average molecular weight is 462 g/mol. The van der Waals surface area contributed by atoms with Crippen molar-refractivity contribution in [1.29, 1.82) is 0 Å². The molecule has 8 heteroatoms. The summed E-state index contributed by atoms with van der Waals surface area (Å²) in [6.07, 6.45) is 1.36. The lowest BCUT2D eigenvalue weighted by Crippen LogP contribution is -2.46. The van der Waals surface area contributed by atoms with Gasteiger partial charge in [0.25, 0.3) is 5.69 Å². The first-order chi connectivity index (χ1) is 14.6. The Kier molecular flexibility index (Phi) is 8.40. The molecule has 0 aliphatic carbocycles. The summed E-state index contributed by atoms with van der Waals surface area (Å²) in [6, 6.07) is 15.1. The van der Waals surface area contributed by atoms with Gasteiger partial charge in [0.05, 0.1) is 11.0 Å². The summed E-state index contributed by atoms with van der Waals surface area (Å²) in [7, 11) is 0. The highest BCUT2D eigenvalue weighted by Gasteiger charge is 2.18. The molecule has 0 bridgehead atoms. The van der Waals surface area contributed by atoms with Crippen LogP contribution in [0, 0.1) is 10.1 Å². The van der Waals surface area contributed by atoms with E-state index in [0.29, 0.717) is 0 Å². The van der Waals surface area contributed by atoms with Crippen LogP contribution in [0.25, 0.3) is 10.1 Å². The molecule has 2 aromatic carbocycles. The van der Waals surface area contributed by atoms with Crippen molar-refractivity contribution in [2.24, 2.45) is 0 Å². The summed E-state index contributed by atoms with van der Waals surface area (Å²) in [4.78, 5) is 15.3. The number of hydrogen-bond acceptors (Lipinski definition) is 6. The van der Waals surface area contributed by atoms with Crippen LogP contribution in [0.5, 0.6) is 0 Å². The Morgan fingerprint density at radius 2 is 1.71 bits per heavy atom. The third-order valence-corrected chi connectivity index (χ3v) is 6.82. The molecule has 3 aromatic rings. The lowest BCUT2D eigenvalue weighted by atomic mass is 10.0. The van der Waals surface area contributed by atoms with Crippen molar-refractivity contribution < 1.29 is 10.0 Å². The maximum absolute atomic E-state index is 10.8. The molecule has 31 heavy (non-hydrogen) atoms. The maximum atomic E-state index is 10.8. The summed E-state index contributed by atoms with van der Waals surface area (Å²) in [5.74, 6) is 0. The number of aliphatic hydroxyl groups excluding tert-OH is 1. The number of non-ortho nitro benzene ring substituents is 1. The number of piperazine rings is 1. The minimum Gasteiger partial charge on any atom is -0.388 e. The quantitative estimate of drug-likeness (QED) is 0.383. The second-order valence-corrected chi connectivity index (χ2v) is 8.80. The lowest BCUT2D eigenvalue weighted by molar-refractivity contribution is -0.384. The molecule has 1 aromatic heterocycles. The molecule has 1 unspecified atom stereocenters. The SMILES string of the molecule is Cl.O=[N+]([O-])c1ccc(CN2CCN(CCCC(O)c3csc4ccccc34)CC2)cc1. The Labute approximate surface area is 192 Å². The van der Waals surface area contributed by atoms with E-state index in [1.807, 2.05) is 24.3 Å². The van der Waals surface area contributed by atoms with Crippen molar-refractivity contribution in [2.75, 3.05) is 32.7 Å². The fourth-order valence-electron chi connectivity index (χ4n) is 4.07. The molecular formula is C23H28ClN3O3S. The van der Waals surface area contributed by atoms with Crippen LogP contribution in [0.3, 0.4) is 0 Å². The Morgan fingerprint density at radius 3 is 2.42 bits per heavy atom. The van der Waals surface area contributed by atoms with Crippen LogP contribution in [0.2, 0.25) is 0 Å². The van der Waals surface area contributed by atoms with Crippen LogP contribution >= 0.6 is 23.7 Å². The molecule has 1 atom stereocenters. The van der Waals surface area contributed by atoms with Crippen molar-refractivity contribution in [1.82, 2.24) is 9.80 Å². The van der Waals surface area contributed by atoms with Gasteiger partial charge in [0, 0.05) is 49.6 Å². The third kappa shape index (κ3) is 6.02. The number of halogens is 1. The highest BCUT2D eigenvalue weighted by molar-refractivity contribution is 7.17. The fourth-order valence-corrected chi connectivity index (χ4v) is 5.08. The van der Waals surface area contributed by atoms with Gasteiger partial charge in [-0.05, 0) is 47.3 Å². The van der Waals surface area contributed by atoms with Gasteiger partial charge in [0.2, 0.25) is 0 Å². The topological polar surface area (TPSA) is 69.9 Å². The molecule has 2 heterocycles. The zero-order valence-electron chi connectivity index (χ0n) is 17.4. The number of benzene rings is 2. The highest BCUT2D eigenvalue weighted by atomic mass is 35.5. The lowest BCUT2D eigenvalue weighted by Gasteiger charge is -2.34. The van der Waals surface area contributed by atoms with Crippen molar-refractivity contribution in [3.63, 3.8) is 0 Å². The highest BCUT2D eigenvalue weighted by Crippen LogP contribution is 2.32. The summed E-state index contributed by atoms with van der Waals surface area (Å²) in [6.45, 7) is 5.86. The summed E-state index contributed by atoms with van der Waals surface area (Å²) in [5.41, 5.74) is 2.31. The first-order valence-corrected chi connectivity index (χ1v) is 11.3. The van der Waals surface area contributed by atoms with Gasteiger partial charge in [0.15, 0.2) is 0 Å². The second kappa shape index (κ2) is 11.0. The first kappa shape index (κ1) is 23.6. The van der Waals surface area contributed by atoms with Crippen LogP contribution in [0.15, 0.2) is 53.9 Å². The number of nitro groups is 1. The van der Waals surface area contributed by atoms with E-state index in [1.165, 1.54) is 10.1 Å². The zero-order chi connectivity index (χ0) is 20.9. The molecule has 4 rings (SSSR count). The van der Waals surface area contributed by atoms with Gasteiger partial charge in [-0.1, -0.05) is 30.3 Å². The molecule has 1 N–H and O–H groups in total. The van der Waals surface area contributed by atoms with Gasteiger partial charge in [-0.25, -0.2) is 0 Å². The number of nitrogens with zero attached hydrogens (tertiary/aromatic N) is 3. The van der Waals surface area contributed by atoms with Crippen molar-refractivity contribution in [3.8, 4) is 0 Å². The molecule has 166 valence electrons. The number of nitro benzene ring substituents is 1. The van der Waals surface area contributed by atoms with Gasteiger partial charge in [0.1, 0.15) is 0 Å². The largest absolute Gasteiger partial charge is 0.388 e. The van der Waals surface area contributed by atoms with E-state index in [-0.39, 0.29) is 23.0 Å². The van der Waals surface area contributed by atoms with Crippen molar-refractivity contribution in [2.45, 2.75) is 25.5 Å². The van der Waals surface area contributed by atoms with Crippen LogP contribution in [-0.2, 0) is 6.54 Å². The number of hydrogen-bond donors (Lipinski definition) is 1. The Morgan fingerprint density at radius 1 is 1.03 bits per heavy atom. The first-order valence-electron chi connectivity index (χ1n) is 10.4. The van der Waals surface area contributed by atoms with Crippen molar-refractivity contribution in [3.05, 3.63) is 75.2 Å². The van der Waals surface area contributed by atoms with E-state index in [1.54, 1.807) is 23.5 Å². The molecule has 0 saturated carbocycles. The predicted molar refractivity (Wildman–Crippen MR) is 128 cm³/mol.